The summed E-state index contributed by atoms with van der Waals surface area (Å²) in [6.45, 7) is 0.817. The third kappa shape index (κ3) is 4.80. The fraction of sp³-hybridized carbons (Fsp3) is 0.417. The number of benzene rings is 1. The van der Waals surface area contributed by atoms with Crippen LogP contribution in [0.15, 0.2) is 29.3 Å². The van der Waals surface area contributed by atoms with Gasteiger partial charge in [-0.3, -0.25) is 4.99 Å². The van der Waals surface area contributed by atoms with Gasteiger partial charge in [0, 0.05) is 27.7 Å². The maximum Gasteiger partial charge on any atom is 0.193 e. The van der Waals surface area contributed by atoms with Gasteiger partial charge in [-0.05, 0) is 17.7 Å². The normalized spacial score (nSPS) is 10.5. The van der Waals surface area contributed by atoms with Crippen molar-refractivity contribution in [3.63, 3.8) is 0 Å². The number of ether oxygens (including phenoxy) is 1. The lowest BCUT2D eigenvalue weighted by Crippen LogP contribution is -2.36. The van der Waals surface area contributed by atoms with Crippen LogP contribution in [0.4, 0.5) is 0 Å². The van der Waals surface area contributed by atoms with Crippen LogP contribution in [0.5, 0.6) is 5.75 Å². The predicted molar refractivity (Wildman–Crippen MR) is 82.3 cm³/mol. The number of nitrogens with one attached hydrogen (secondary N) is 1. The molecule has 1 aromatic rings. The molecule has 0 unspecified atom stereocenters. The fourth-order valence-corrected chi connectivity index (χ4v) is 1.55. The SMILES string of the molecule is CN=C(NC)N(C)Cc1ccc(OC)cc1.I. The smallest absolute Gasteiger partial charge is 0.193 e. The van der Waals surface area contributed by atoms with E-state index in [1.165, 1.54) is 5.56 Å². The molecule has 0 atom stereocenters. The molecule has 0 saturated heterocycles. The Morgan fingerprint density at radius 3 is 2.35 bits per heavy atom. The van der Waals surface area contributed by atoms with E-state index in [1.54, 1.807) is 14.2 Å². The second kappa shape index (κ2) is 8.16. The van der Waals surface area contributed by atoms with E-state index in [4.69, 9.17) is 4.74 Å². The number of hydrogen-bond donors (Lipinski definition) is 1. The molecule has 0 aliphatic carbocycles. The topological polar surface area (TPSA) is 36.9 Å². The van der Waals surface area contributed by atoms with Gasteiger partial charge in [0.1, 0.15) is 5.75 Å². The molecule has 1 N–H and O–H groups in total. The molecule has 0 fully saturated rings. The van der Waals surface area contributed by atoms with Crippen molar-refractivity contribution in [2.24, 2.45) is 4.99 Å². The Hall–Kier alpha value is -0.980. The zero-order chi connectivity index (χ0) is 12.0. The van der Waals surface area contributed by atoms with Gasteiger partial charge < -0.3 is 15.0 Å². The van der Waals surface area contributed by atoms with Crippen LogP contribution in [0.1, 0.15) is 5.56 Å². The minimum Gasteiger partial charge on any atom is -0.497 e. The summed E-state index contributed by atoms with van der Waals surface area (Å²) in [5.74, 6) is 1.75. The molecule has 1 aromatic carbocycles. The van der Waals surface area contributed by atoms with Gasteiger partial charge >= 0.3 is 0 Å². The summed E-state index contributed by atoms with van der Waals surface area (Å²) in [5.41, 5.74) is 1.22. The molecule has 0 saturated carbocycles. The first-order valence-electron chi connectivity index (χ1n) is 5.20. The number of nitrogens with zero attached hydrogens (tertiary/aromatic N) is 2. The monoisotopic (exact) mass is 349 g/mol. The molecule has 4 nitrogen and oxygen atoms in total. The van der Waals surface area contributed by atoms with E-state index in [0.29, 0.717) is 0 Å². The van der Waals surface area contributed by atoms with Crippen molar-refractivity contribution in [2.45, 2.75) is 6.54 Å². The van der Waals surface area contributed by atoms with E-state index in [0.717, 1.165) is 18.3 Å². The number of aliphatic imine (C=N–C) groups is 1. The van der Waals surface area contributed by atoms with Crippen LogP contribution in [0.3, 0.4) is 0 Å². The predicted octanol–water partition coefficient (Wildman–Crippen LogP) is 1.95. The van der Waals surface area contributed by atoms with E-state index in [-0.39, 0.29) is 24.0 Å². The molecule has 96 valence electrons. The molecule has 0 heterocycles. The van der Waals surface area contributed by atoms with Crippen molar-refractivity contribution in [1.29, 1.82) is 0 Å². The molecule has 0 amide bonds. The zero-order valence-corrected chi connectivity index (χ0v) is 13.1. The van der Waals surface area contributed by atoms with Gasteiger partial charge in [-0.25, -0.2) is 0 Å². The Morgan fingerprint density at radius 2 is 1.94 bits per heavy atom. The average molecular weight is 349 g/mol. The van der Waals surface area contributed by atoms with Crippen molar-refractivity contribution in [3.05, 3.63) is 29.8 Å². The number of rotatable bonds is 3. The second-order valence-corrected chi connectivity index (χ2v) is 3.50. The van der Waals surface area contributed by atoms with Crippen molar-refractivity contribution >= 4 is 29.9 Å². The van der Waals surface area contributed by atoms with Crippen molar-refractivity contribution in [1.82, 2.24) is 10.2 Å². The first-order valence-corrected chi connectivity index (χ1v) is 5.20. The molecule has 1 rings (SSSR count). The highest BCUT2D eigenvalue weighted by Crippen LogP contribution is 2.12. The van der Waals surface area contributed by atoms with Crippen LogP contribution in [0.2, 0.25) is 0 Å². The number of guanidine groups is 1. The summed E-state index contributed by atoms with van der Waals surface area (Å²) >= 11 is 0. The first kappa shape index (κ1) is 16.0. The van der Waals surface area contributed by atoms with Crippen LogP contribution in [0.25, 0.3) is 0 Å². The number of halogens is 1. The Balaban J connectivity index is 0.00000256. The van der Waals surface area contributed by atoms with Crippen LogP contribution >= 0.6 is 24.0 Å². The molecule has 0 radical (unpaired) electrons. The Kier molecular flexibility index (Phi) is 7.69. The van der Waals surface area contributed by atoms with Gasteiger partial charge in [-0.15, -0.1) is 24.0 Å². The minimum absolute atomic E-state index is 0. The first-order chi connectivity index (χ1) is 7.71. The van der Waals surface area contributed by atoms with Gasteiger partial charge in [0.15, 0.2) is 5.96 Å². The summed E-state index contributed by atoms with van der Waals surface area (Å²) in [7, 11) is 7.32. The highest BCUT2D eigenvalue weighted by Gasteiger charge is 2.04. The van der Waals surface area contributed by atoms with E-state index in [1.807, 2.05) is 26.2 Å². The maximum atomic E-state index is 5.11. The third-order valence-corrected chi connectivity index (χ3v) is 2.38. The third-order valence-electron chi connectivity index (χ3n) is 2.38. The largest absolute Gasteiger partial charge is 0.497 e. The fourth-order valence-electron chi connectivity index (χ4n) is 1.55. The Morgan fingerprint density at radius 1 is 1.35 bits per heavy atom. The van der Waals surface area contributed by atoms with Crippen molar-refractivity contribution in [2.75, 3.05) is 28.3 Å². The highest BCUT2D eigenvalue weighted by atomic mass is 127. The highest BCUT2D eigenvalue weighted by molar-refractivity contribution is 14.0. The number of hydrogen-bond acceptors (Lipinski definition) is 2. The van der Waals surface area contributed by atoms with Gasteiger partial charge in [0.05, 0.1) is 7.11 Å². The van der Waals surface area contributed by atoms with Crippen LogP contribution in [-0.4, -0.2) is 39.1 Å². The molecule has 0 aliphatic rings. The van der Waals surface area contributed by atoms with Gasteiger partial charge in [0.25, 0.3) is 0 Å². The maximum absolute atomic E-state index is 5.11. The molecule has 0 bridgehead atoms. The summed E-state index contributed by atoms with van der Waals surface area (Å²) in [6, 6.07) is 8.03. The van der Waals surface area contributed by atoms with Gasteiger partial charge in [-0.2, -0.15) is 0 Å². The molecule has 0 spiro atoms. The molecule has 17 heavy (non-hydrogen) atoms. The van der Waals surface area contributed by atoms with Gasteiger partial charge in [-0.1, -0.05) is 12.1 Å². The lowest BCUT2D eigenvalue weighted by molar-refractivity contribution is 0.414. The number of methoxy groups -OCH3 is 1. The summed E-state index contributed by atoms with van der Waals surface area (Å²) in [6.07, 6.45) is 0. The van der Waals surface area contributed by atoms with Crippen LogP contribution in [-0.2, 0) is 6.54 Å². The van der Waals surface area contributed by atoms with Crippen LogP contribution in [0, 0.1) is 0 Å². The summed E-state index contributed by atoms with van der Waals surface area (Å²) in [4.78, 5) is 6.20. The quantitative estimate of drug-likeness (QED) is 0.515. The van der Waals surface area contributed by atoms with E-state index < -0.39 is 0 Å². The van der Waals surface area contributed by atoms with E-state index in [9.17, 15) is 0 Å². The Bertz CT molecular complexity index is 351. The molecule has 0 aromatic heterocycles. The molecular formula is C12H20IN3O. The average Bonchev–Trinajstić information content (AvgIpc) is 2.31. The van der Waals surface area contributed by atoms with E-state index >= 15 is 0 Å². The van der Waals surface area contributed by atoms with Crippen molar-refractivity contribution < 1.29 is 4.74 Å². The lowest BCUT2D eigenvalue weighted by Gasteiger charge is -2.20. The Labute approximate surface area is 120 Å². The van der Waals surface area contributed by atoms with Crippen LogP contribution < -0.4 is 10.1 Å². The standard InChI is InChI=1S/C12H19N3O.HI/c1-13-12(14-2)15(3)9-10-5-7-11(16-4)8-6-10;/h5-8H,9H2,1-4H3,(H,13,14);1H. The minimum atomic E-state index is 0. The lowest BCUT2D eigenvalue weighted by atomic mass is 10.2. The zero-order valence-electron chi connectivity index (χ0n) is 10.7. The molecule has 0 aliphatic heterocycles. The molecule has 5 heteroatoms. The van der Waals surface area contributed by atoms with Gasteiger partial charge in [0.2, 0.25) is 0 Å². The summed E-state index contributed by atoms with van der Waals surface area (Å²) < 4.78 is 5.11. The summed E-state index contributed by atoms with van der Waals surface area (Å²) in [5, 5.41) is 3.05. The van der Waals surface area contributed by atoms with Crippen molar-refractivity contribution in [3.8, 4) is 5.75 Å². The van der Waals surface area contributed by atoms with E-state index in [2.05, 4.69) is 27.3 Å². The molecular weight excluding hydrogens is 329 g/mol. The second-order valence-electron chi connectivity index (χ2n) is 3.50.